The zero-order valence-corrected chi connectivity index (χ0v) is 19.1. The minimum atomic E-state index is -2.54. The monoisotopic (exact) mass is 457 g/mol. The predicted molar refractivity (Wildman–Crippen MR) is 130 cm³/mol. The summed E-state index contributed by atoms with van der Waals surface area (Å²) >= 11 is 1.85. The fourth-order valence-corrected chi connectivity index (χ4v) is 4.84. The molecule has 2 heterocycles. The predicted octanol–water partition coefficient (Wildman–Crippen LogP) is 4.40. The Labute approximate surface area is 192 Å². The highest BCUT2D eigenvalue weighted by Crippen LogP contribution is 2.26. The molecule has 2 aliphatic heterocycles. The summed E-state index contributed by atoms with van der Waals surface area (Å²) in [5.41, 5.74) is 3.64. The second-order valence-electron chi connectivity index (χ2n) is 8.16. The minimum absolute atomic E-state index is 0.120. The molecule has 0 N–H and O–H groups in total. The quantitative estimate of drug-likeness (QED) is 0.523. The maximum absolute atomic E-state index is 12.8. The van der Waals surface area contributed by atoms with Crippen molar-refractivity contribution in [1.82, 2.24) is 9.80 Å². The van der Waals surface area contributed by atoms with Crippen LogP contribution in [0.5, 0.6) is 0 Å². The van der Waals surface area contributed by atoms with Gasteiger partial charge in [0.15, 0.2) is 0 Å². The number of halogens is 2. The molecule has 1 fully saturated rings. The molecule has 0 bridgehead atoms. The number of piperazine rings is 1. The second-order valence-corrected chi connectivity index (χ2v) is 9.27. The van der Waals surface area contributed by atoms with Crippen LogP contribution in [0.1, 0.15) is 17.5 Å². The summed E-state index contributed by atoms with van der Waals surface area (Å²) in [6, 6.07) is 18.4. The largest absolute Gasteiger partial charge is 0.312 e. The number of nitrogens with zero attached hydrogens (tertiary/aromatic N) is 5. The molecule has 0 aromatic heterocycles. The fourth-order valence-electron chi connectivity index (χ4n) is 3.77. The Hall–Kier alpha value is -2.29. The van der Waals surface area contributed by atoms with Crippen LogP contribution in [0.4, 0.5) is 14.5 Å². The molecule has 0 aliphatic carbocycles. The van der Waals surface area contributed by atoms with E-state index in [9.17, 15) is 8.78 Å². The number of anilines is 1. The van der Waals surface area contributed by atoms with E-state index in [1.54, 1.807) is 0 Å². The normalized spacial score (nSPS) is 17.5. The van der Waals surface area contributed by atoms with Gasteiger partial charge < -0.3 is 9.21 Å². The summed E-state index contributed by atoms with van der Waals surface area (Å²) < 4.78 is 28.0. The SMILES string of the molecule is CN1CCN(CCSN(Cc2ccc(C3=NN=C(C(F)F)C3)cc2)c2ccccc2)CC1. The molecule has 0 amide bonds. The van der Waals surface area contributed by atoms with Crippen molar-refractivity contribution >= 4 is 29.1 Å². The molecule has 2 aliphatic rings. The standard InChI is InChI=1S/C24H29F2N5S/c1-29-11-13-30(14-12-29)15-16-32-31(21-5-3-2-4-6-21)18-19-7-9-20(10-8-19)22-17-23(24(25)26)28-27-22/h2-10,24H,11-18H2,1H3. The molecule has 32 heavy (non-hydrogen) atoms. The van der Waals surface area contributed by atoms with E-state index < -0.39 is 6.43 Å². The molecule has 2 aromatic carbocycles. The highest BCUT2D eigenvalue weighted by atomic mass is 32.2. The van der Waals surface area contributed by atoms with Crippen molar-refractivity contribution in [2.24, 2.45) is 10.2 Å². The summed E-state index contributed by atoms with van der Waals surface area (Å²) in [5.74, 6) is 1.03. The smallest absolute Gasteiger partial charge is 0.278 e. The van der Waals surface area contributed by atoms with E-state index in [4.69, 9.17) is 0 Å². The van der Waals surface area contributed by atoms with Gasteiger partial charge in [-0.15, -0.1) is 0 Å². The van der Waals surface area contributed by atoms with Crippen LogP contribution in [0, 0.1) is 0 Å². The van der Waals surface area contributed by atoms with E-state index in [1.165, 1.54) is 11.3 Å². The molecule has 0 spiro atoms. The van der Waals surface area contributed by atoms with Crippen molar-refractivity contribution in [2.45, 2.75) is 19.4 Å². The van der Waals surface area contributed by atoms with E-state index in [1.807, 2.05) is 30.1 Å². The van der Waals surface area contributed by atoms with E-state index >= 15 is 0 Å². The molecular formula is C24H29F2N5S. The summed E-state index contributed by atoms with van der Waals surface area (Å²) in [4.78, 5) is 4.91. The molecular weight excluding hydrogens is 428 g/mol. The highest BCUT2D eigenvalue weighted by Gasteiger charge is 2.22. The van der Waals surface area contributed by atoms with E-state index in [0.717, 1.165) is 50.6 Å². The van der Waals surface area contributed by atoms with Gasteiger partial charge in [-0.05, 0) is 42.3 Å². The number of alkyl halides is 2. The number of hydrogen-bond acceptors (Lipinski definition) is 6. The van der Waals surface area contributed by atoms with E-state index in [2.05, 4.69) is 67.8 Å². The van der Waals surface area contributed by atoms with Crippen LogP contribution in [0.15, 0.2) is 64.8 Å². The average Bonchev–Trinajstić information content (AvgIpc) is 3.32. The summed E-state index contributed by atoms with van der Waals surface area (Å²) in [6.07, 6.45) is -2.42. The Morgan fingerprint density at radius 2 is 1.69 bits per heavy atom. The van der Waals surface area contributed by atoms with Crippen LogP contribution in [-0.4, -0.2) is 73.2 Å². The van der Waals surface area contributed by atoms with Gasteiger partial charge in [-0.25, -0.2) is 8.78 Å². The molecule has 0 atom stereocenters. The summed E-state index contributed by atoms with van der Waals surface area (Å²) in [5, 5.41) is 7.56. The lowest BCUT2D eigenvalue weighted by molar-refractivity contribution is 0.161. The highest BCUT2D eigenvalue weighted by molar-refractivity contribution is 8.00. The van der Waals surface area contributed by atoms with Crippen LogP contribution < -0.4 is 4.31 Å². The maximum atomic E-state index is 12.8. The van der Waals surface area contributed by atoms with Crippen LogP contribution in [0.25, 0.3) is 0 Å². The molecule has 170 valence electrons. The Kier molecular flexibility index (Phi) is 7.89. The number of hydrogen-bond donors (Lipinski definition) is 0. The van der Waals surface area contributed by atoms with E-state index in [0.29, 0.717) is 5.71 Å². The van der Waals surface area contributed by atoms with Gasteiger partial charge >= 0.3 is 0 Å². The van der Waals surface area contributed by atoms with Gasteiger partial charge in [0, 0.05) is 50.6 Å². The fraction of sp³-hybridized carbons (Fsp3) is 0.417. The van der Waals surface area contributed by atoms with Crippen molar-refractivity contribution < 1.29 is 8.78 Å². The lowest BCUT2D eigenvalue weighted by atomic mass is 10.0. The number of rotatable bonds is 9. The second kappa shape index (κ2) is 11.0. The van der Waals surface area contributed by atoms with Gasteiger partial charge in [-0.2, -0.15) is 10.2 Å². The molecule has 0 saturated carbocycles. The third-order valence-corrected chi connectivity index (χ3v) is 6.82. The third-order valence-electron chi connectivity index (χ3n) is 5.81. The lowest BCUT2D eigenvalue weighted by Gasteiger charge is -2.33. The van der Waals surface area contributed by atoms with Gasteiger partial charge in [-0.3, -0.25) is 4.90 Å². The molecule has 0 radical (unpaired) electrons. The van der Waals surface area contributed by atoms with Crippen molar-refractivity contribution in [2.75, 3.05) is 49.8 Å². The maximum Gasteiger partial charge on any atom is 0.278 e. The first-order chi connectivity index (χ1) is 15.6. The van der Waals surface area contributed by atoms with Gasteiger partial charge in [0.1, 0.15) is 5.71 Å². The Morgan fingerprint density at radius 1 is 0.969 bits per heavy atom. The number of likely N-dealkylation sites (N-methyl/N-ethyl adjacent to an activating group) is 1. The molecule has 1 saturated heterocycles. The Bertz CT molecular complexity index is 925. The Morgan fingerprint density at radius 3 is 2.34 bits per heavy atom. The first kappa shape index (κ1) is 22.9. The molecule has 4 rings (SSSR count). The number of para-hydroxylation sites is 1. The van der Waals surface area contributed by atoms with Crippen molar-refractivity contribution in [3.63, 3.8) is 0 Å². The van der Waals surface area contributed by atoms with Crippen LogP contribution in [-0.2, 0) is 6.54 Å². The molecule has 5 nitrogen and oxygen atoms in total. The van der Waals surface area contributed by atoms with Crippen LogP contribution >= 0.6 is 11.9 Å². The molecule has 0 unspecified atom stereocenters. The zero-order valence-electron chi connectivity index (χ0n) is 18.3. The lowest BCUT2D eigenvalue weighted by Crippen LogP contribution is -2.45. The van der Waals surface area contributed by atoms with Gasteiger partial charge in [0.25, 0.3) is 6.43 Å². The molecule has 8 heteroatoms. The summed E-state index contributed by atoms with van der Waals surface area (Å²) in [7, 11) is 2.18. The van der Waals surface area contributed by atoms with Crippen molar-refractivity contribution in [1.29, 1.82) is 0 Å². The summed E-state index contributed by atoms with van der Waals surface area (Å²) in [6.45, 7) is 6.37. The third kappa shape index (κ3) is 6.15. The molecule has 2 aromatic rings. The van der Waals surface area contributed by atoms with E-state index in [-0.39, 0.29) is 12.1 Å². The van der Waals surface area contributed by atoms with Gasteiger partial charge in [0.2, 0.25) is 0 Å². The minimum Gasteiger partial charge on any atom is -0.312 e. The zero-order chi connectivity index (χ0) is 22.3. The van der Waals surface area contributed by atoms with Crippen molar-refractivity contribution in [3.8, 4) is 0 Å². The number of benzene rings is 2. The topological polar surface area (TPSA) is 34.4 Å². The van der Waals surface area contributed by atoms with Crippen LogP contribution in [0.2, 0.25) is 0 Å². The van der Waals surface area contributed by atoms with Gasteiger partial charge in [0.05, 0.1) is 12.3 Å². The van der Waals surface area contributed by atoms with Gasteiger partial charge in [-0.1, -0.05) is 42.5 Å². The average molecular weight is 458 g/mol. The van der Waals surface area contributed by atoms with Crippen molar-refractivity contribution in [3.05, 3.63) is 65.7 Å². The Balaban J connectivity index is 1.36. The first-order valence-electron chi connectivity index (χ1n) is 11.0. The first-order valence-corrected chi connectivity index (χ1v) is 11.9. The van der Waals surface area contributed by atoms with Crippen LogP contribution in [0.3, 0.4) is 0 Å².